The van der Waals surface area contributed by atoms with E-state index in [1.165, 1.54) is 12.8 Å². The minimum atomic E-state index is -3.03. The van der Waals surface area contributed by atoms with Crippen molar-refractivity contribution < 1.29 is 8.42 Å². The number of rotatable bonds is 6. The first-order valence-electron chi connectivity index (χ1n) is 6.72. The van der Waals surface area contributed by atoms with E-state index in [1.807, 2.05) is 6.92 Å². The fraction of sp³-hybridized carbons (Fsp3) is 1.00. The summed E-state index contributed by atoms with van der Waals surface area (Å²) >= 11 is 0. The summed E-state index contributed by atoms with van der Waals surface area (Å²) in [6.45, 7) is 5.69. The molecule has 2 aliphatic rings. The van der Waals surface area contributed by atoms with Gasteiger partial charge in [0.05, 0.1) is 5.75 Å². The van der Waals surface area contributed by atoms with Crippen LogP contribution < -0.4 is 5.32 Å². The minimum Gasteiger partial charge on any atom is -0.314 e. The maximum absolute atomic E-state index is 12.1. The molecule has 0 radical (unpaired) electrons. The molecule has 0 amide bonds. The standard InChI is InChI=1S/C12H24N2O2S/c1-10-8-11(2)14(9-10)17(15,16)7-3-6-13-12-4-5-12/h10-13H,3-9H2,1-2H3. The molecule has 17 heavy (non-hydrogen) atoms. The van der Waals surface area contributed by atoms with Crippen LogP contribution in [0.4, 0.5) is 0 Å². The maximum atomic E-state index is 12.1. The molecule has 1 saturated carbocycles. The van der Waals surface area contributed by atoms with Crippen molar-refractivity contribution in [1.29, 1.82) is 0 Å². The topological polar surface area (TPSA) is 49.4 Å². The van der Waals surface area contributed by atoms with E-state index in [0.717, 1.165) is 19.4 Å². The highest BCUT2D eigenvalue weighted by Crippen LogP contribution is 2.25. The summed E-state index contributed by atoms with van der Waals surface area (Å²) in [5.41, 5.74) is 0. The Kier molecular flexibility index (Phi) is 4.10. The Morgan fingerprint density at radius 1 is 1.29 bits per heavy atom. The molecule has 2 fully saturated rings. The normalized spacial score (nSPS) is 30.9. The van der Waals surface area contributed by atoms with Gasteiger partial charge in [-0.1, -0.05) is 6.92 Å². The van der Waals surface area contributed by atoms with Gasteiger partial charge in [0.25, 0.3) is 0 Å². The lowest BCUT2D eigenvalue weighted by atomic mass is 10.1. The van der Waals surface area contributed by atoms with Crippen molar-refractivity contribution in [2.24, 2.45) is 5.92 Å². The molecule has 1 saturated heterocycles. The van der Waals surface area contributed by atoms with Gasteiger partial charge in [-0.3, -0.25) is 0 Å². The summed E-state index contributed by atoms with van der Waals surface area (Å²) in [4.78, 5) is 0. The SMILES string of the molecule is CC1CC(C)N(S(=O)(=O)CCCNC2CC2)C1. The Morgan fingerprint density at radius 2 is 2.00 bits per heavy atom. The summed E-state index contributed by atoms with van der Waals surface area (Å²) in [6.07, 6.45) is 4.25. The van der Waals surface area contributed by atoms with Gasteiger partial charge >= 0.3 is 0 Å². The van der Waals surface area contributed by atoms with Crippen molar-refractivity contribution in [1.82, 2.24) is 9.62 Å². The van der Waals surface area contributed by atoms with Crippen LogP contribution in [0.2, 0.25) is 0 Å². The number of sulfonamides is 1. The average Bonchev–Trinajstić information content (AvgIpc) is 2.99. The van der Waals surface area contributed by atoms with Crippen LogP contribution in [-0.2, 0) is 10.0 Å². The second-order valence-electron chi connectivity index (χ2n) is 5.66. The van der Waals surface area contributed by atoms with Gasteiger partial charge in [-0.2, -0.15) is 4.31 Å². The van der Waals surface area contributed by atoms with E-state index >= 15 is 0 Å². The lowest BCUT2D eigenvalue weighted by Gasteiger charge is -2.20. The zero-order valence-corrected chi connectivity index (χ0v) is 11.7. The zero-order chi connectivity index (χ0) is 12.5. The molecule has 1 N–H and O–H groups in total. The van der Waals surface area contributed by atoms with E-state index in [1.54, 1.807) is 4.31 Å². The highest BCUT2D eigenvalue weighted by Gasteiger charge is 2.34. The smallest absolute Gasteiger partial charge is 0.214 e. The molecular weight excluding hydrogens is 236 g/mol. The number of nitrogens with one attached hydrogen (secondary N) is 1. The van der Waals surface area contributed by atoms with E-state index in [0.29, 0.717) is 24.3 Å². The third kappa shape index (κ3) is 3.66. The van der Waals surface area contributed by atoms with Crippen LogP contribution in [0, 0.1) is 5.92 Å². The predicted octanol–water partition coefficient (Wildman–Crippen LogP) is 1.19. The summed E-state index contributed by atoms with van der Waals surface area (Å²) in [7, 11) is -3.03. The third-order valence-corrected chi connectivity index (χ3v) is 5.70. The van der Waals surface area contributed by atoms with Gasteiger partial charge in [-0.05, 0) is 45.1 Å². The molecule has 2 rings (SSSR count). The number of hydrogen-bond donors (Lipinski definition) is 1. The van der Waals surface area contributed by atoms with Crippen LogP contribution in [-0.4, -0.2) is 43.6 Å². The molecule has 1 heterocycles. The highest BCUT2D eigenvalue weighted by molar-refractivity contribution is 7.89. The molecule has 4 nitrogen and oxygen atoms in total. The number of hydrogen-bond acceptors (Lipinski definition) is 3. The highest BCUT2D eigenvalue weighted by atomic mass is 32.2. The molecule has 100 valence electrons. The first-order chi connectivity index (χ1) is 7.99. The molecule has 2 atom stereocenters. The van der Waals surface area contributed by atoms with Crippen molar-refractivity contribution in [3.05, 3.63) is 0 Å². The van der Waals surface area contributed by atoms with E-state index in [9.17, 15) is 8.42 Å². The van der Waals surface area contributed by atoms with Gasteiger partial charge in [-0.25, -0.2) is 8.42 Å². The van der Waals surface area contributed by atoms with Crippen molar-refractivity contribution in [2.45, 2.75) is 51.6 Å². The van der Waals surface area contributed by atoms with Gasteiger partial charge in [0.1, 0.15) is 0 Å². The molecule has 0 spiro atoms. The molecular formula is C12H24N2O2S. The second-order valence-corrected chi connectivity index (χ2v) is 7.70. The zero-order valence-electron chi connectivity index (χ0n) is 10.9. The Labute approximate surface area is 105 Å². The molecule has 0 aromatic heterocycles. The molecule has 0 bridgehead atoms. The van der Waals surface area contributed by atoms with E-state index < -0.39 is 10.0 Å². The van der Waals surface area contributed by atoms with Crippen molar-refractivity contribution in [3.63, 3.8) is 0 Å². The van der Waals surface area contributed by atoms with Crippen LogP contribution in [0.25, 0.3) is 0 Å². The fourth-order valence-corrected chi connectivity index (χ4v) is 4.47. The van der Waals surface area contributed by atoms with Crippen LogP contribution in [0.3, 0.4) is 0 Å². The molecule has 2 unspecified atom stereocenters. The predicted molar refractivity (Wildman–Crippen MR) is 69.4 cm³/mol. The van der Waals surface area contributed by atoms with Gasteiger partial charge in [0.15, 0.2) is 0 Å². The summed E-state index contributed by atoms with van der Waals surface area (Å²) < 4.78 is 26.0. The Bertz CT molecular complexity index is 352. The second kappa shape index (κ2) is 5.24. The van der Waals surface area contributed by atoms with Gasteiger partial charge in [0, 0.05) is 18.6 Å². The Balaban J connectivity index is 1.76. The lowest BCUT2D eigenvalue weighted by Crippen LogP contribution is -2.36. The quantitative estimate of drug-likeness (QED) is 0.730. The summed E-state index contributed by atoms with van der Waals surface area (Å²) in [6, 6.07) is 0.856. The first-order valence-corrected chi connectivity index (χ1v) is 8.33. The van der Waals surface area contributed by atoms with Crippen molar-refractivity contribution >= 4 is 10.0 Å². The van der Waals surface area contributed by atoms with Gasteiger partial charge in [0.2, 0.25) is 10.0 Å². The summed E-state index contributed by atoms with van der Waals surface area (Å²) in [5.74, 6) is 0.799. The van der Waals surface area contributed by atoms with E-state index in [2.05, 4.69) is 12.2 Å². The molecule has 0 aromatic rings. The maximum Gasteiger partial charge on any atom is 0.214 e. The molecule has 1 aliphatic carbocycles. The molecule has 0 aromatic carbocycles. The first kappa shape index (κ1) is 13.3. The average molecular weight is 260 g/mol. The summed E-state index contributed by atoms with van der Waals surface area (Å²) in [5, 5.41) is 3.36. The van der Waals surface area contributed by atoms with Gasteiger partial charge < -0.3 is 5.32 Å². The molecule has 5 heteroatoms. The van der Waals surface area contributed by atoms with Crippen LogP contribution in [0.5, 0.6) is 0 Å². The monoisotopic (exact) mass is 260 g/mol. The fourth-order valence-electron chi connectivity index (χ4n) is 2.61. The largest absolute Gasteiger partial charge is 0.314 e. The molecule has 1 aliphatic heterocycles. The van der Waals surface area contributed by atoms with Gasteiger partial charge in [-0.15, -0.1) is 0 Å². The van der Waals surface area contributed by atoms with Crippen molar-refractivity contribution in [2.75, 3.05) is 18.8 Å². The van der Waals surface area contributed by atoms with Crippen LogP contribution in [0.1, 0.15) is 39.5 Å². The Hall–Kier alpha value is -0.130. The number of nitrogens with zero attached hydrogens (tertiary/aromatic N) is 1. The van der Waals surface area contributed by atoms with Crippen LogP contribution in [0.15, 0.2) is 0 Å². The minimum absolute atomic E-state index is 0.186. The van der Waals surface area contributed by atoms with E-state index in [-0.39, 0.29) is 6.04 Å². The van der Waals surface area contributed by atoms with E-state index in [4.69, 9.17) is 0 Å². The third-order valence-electron chi connectivity index (χ3n) is 3.67. The van der Waals surface area contributed by atoms with Crippen LogP contribution >= 0.6 is 0 Å². The van der Waals surface area contributed by atoms with Crippen molar-refractivity contribution in [3.8, 4) is 0 Å². The Morgan fingerprint density at radius 3 is 2.53 bits per heavy atom. The lowest BCUT2D eigenvalue weighted by molar-refractivity contribution is 0.404.